The molecule has 0 unspecified atom stereocenters. The fourth-order valence-electron chi connectivity index (χ4n) is 7.29. The molecule has 0 amide bonds. The van der Waals surface area contributed by atoms with Gasteiger partial charge in [-0.15, -0.1) is 17.9 Å². The smallest absolute Gasteiger partial charge is 0.153 e. The molecule has 44 heavy (non-hydrogen) atoms. The lowest BCUT2D eigenvalue weighted by molar-refractivity contribution is 0.673. The van der Waals surface area contributed by atoms with Gasteiger partial charge in [0.05, 0.1) is 4.70 Å². The van der Waals surface area contributed by atoms with Gasteiger partial charge in [-0.2, -0.15) is 0 Å². The van der Waals surface area contributed by atoms with Crippen molar-refractivity contribution in [2.75, 3.05) is 0 Å². The van der Waals surface area contributed by atoms with Crippen molar-refractivity contribution in [3.63, 3.8) is 0 Å². The van der Waals surface area contributed by atoms with Crippen LogP contribution in [0.15, 0.2) is 139 Å². The van der Waals surface area contributed by atoms with Gasteiger partial charge in [-0.3, -0.25) is 0 Å². The predicted molar refractivity (Wildman–Crippen MR) is 193 cm³/mol. The van der Waals surface area contributed by atoms with Gasteiger partial charge in [-0.25, -0.2) is 0 Å². The van der Waals surface area contributed by atoms with Crippen molar-refractivity contribution in [3.05, 3.63) is 140 Å². The van der Waals surface area contributed by atoms with Crippen LogP contribution in [-0.4, -0.2) is 0 Å². The molecular formula is C42H28OS. The molecule has 0 aliphatic rings. The molecule has 0 fully saturated rings. The Balaban J connectivity index is 1.40. The number of hydrogen-bond donors (Lipinski definition) is 0. The van der Waals surface area contributed by atoms with Crippen LogP contribution in [0.5, 0.6) is 0 Å². The number of allylic oxidation sites excluding steroid dienone is 2. The van der Waals surface area contributed by atoms with Gasteiger partial charge in [0.2, 0.25) is 0 Å². The second-order valence-corrected chi connectivity index (χ2v) is 12.7. The van der Waals surface area contributed by atoms with Crippen molar-refractivity contribution in [1.82, 2.24) is 0 Å². The molecule has 9 rings (SSSR count). The van der Waals surface area contributed by atoms with Gasteiger partial charge in [-0.05, 0) is 85.6 Å². The summed E-state index contributed by atoms with van der Waals surface area (Å²) in [6.07, 6.45) is 3.78. The van der Waals surface area contributed by atoms with E-state index in [-0.39, 0.29) is 0 Å². The molecule has 0 N–H and O–H groups in total. The van der Waals surface area contributed by atoms with Crippen LogP contribution >= 0.6 is 11.3 Å². The predicted octanol–water partition coefficient (Wildman–Crippen LogP) is 13.1. The summed E-state index contributed by atoms with van der Waals surface area (Å²) in [6.45, 7) is 8.49. The minimum absolute atomic E-state index is 0.892. The Hall–Kier alpha value is -5.18. The van der Waals surface area contributed by atoms with E-state index < -0.39 is 0 Å². The highest BCUT2D eigenvalue weighted by molar-refractivity contribution is 7.26. The van der Waals surface area contributed by atoms with Crippen LogP contribution in [0.3, 0.4) is 0 Å². The summed E-state index contributed by atoms with van der Waals surface area (Å²) in [5, 5.41) is 12.4. The lowest BCUT2D eigenvalue weighted by Gasteiger charge is -2.18. The zero-order chi connectivity index (χ0) is 29.4. The van der Waals surface area contributed by atoms with Gasteiger partial charge in [-0.1, -0.05) is 110 Å². The van der Waals surface area contributed by atoms with Gasteiger partial charge in [0.25, 0.3) is 0 Å². The molecule has 9 aromatic rings. The van der Waals surface area contributed by atoms with Crippen LogP contribution in [0, 0.1) is 0 Å². The van der Waals surface area contributed by atoms with E-state index in [2.05, 4.69) is 128 Å². The molecule has 0 aliphatic heterocycles. The number of hydrogen-bond acceptors (Lipinski definition) is 2. The minimum Gasteiger partial charge on any atom is -0.455 e. The van der Waals surface area contributed by atoms with Crippen molar-refractivity contribution in [1.29, 1.82) is 0 Å². The molecule has 1 nitrogen and oxygen atoms in total. The minimum atomic E-state index is 0.892. The molecule has 0 bridgehead atoms. The second-order valence-electron chi connectivity index (χ2n) is 11.6. The molecule has 2 heterocycles. The number of benzene rings is 7. The summed E-state index contributed by atoms with van der Waals surface area (Å²) in [7, 11) is 0. The van der Waals surface area contributed by atoms with Crippen LogP contribution in [0.25, 0.3) is 91.1 Å². The molecule has 7 aromatic carbocycles. The highest BCUT2D eigenvalue weighted by atomic mass is 32.1. The molecule has 208 valence electrons. The Labute approximate surface area is 259 Å². The average molecular weight is 581 g/mol. The largest absolute Gasteiger partial charge is 0.455 e. The third kappa shape index (κ3) is 3.52. The van der Waals surface area contributed by atoms with E-state index in [0.29, 0.717) is 0 Å². The molecule has 2 aromatic heterocycles. The second kappa shape index (κ2) is 9.67. The first kappa shape index (κ1) is 25.3. The van der Waals surface area contributed by atoms with E-state index in [1.807, 2.05) is 17.4 Å². The molecule has 0 aliphatic carbocycles. The third-order valence-electron chi connectivity index (χ3n) is 9.18. The summed E-state index contributed by atoms with van der Waals surface area (Å²) >= 11 is 1.83. The Morgan fingerprint density at radius 1 is 0.636 bits per heavy atom. The quantitative estimate of drug-likeness (QED) is 0.146. The van der Waals surface area contributed by atoms with E-state index >= 15 is 0 Å². The fourth-order valence-corrected chi connectivity index (χ4v) is 8.50. The lowest BCUT2D eigenvalue weighted by Crippen LogP contribution is -1.93. The first-order valence-corrected chi connectivity index (χ1v) is 16.0. The zero-order valence-electron chi connectivity index (χ0n) is 24.2. The summed E-state index contributed by atoms with van der Waals surface area (Å²) in [4.78, 5) is 0. The summed E-state index contributed by atoms with van der Waals surface area (Å²) in [5.74, 6) is 0. The number of rotatable bonds is 5. The first-order chi connectivity index (χ1) is 21.7. The third-order valence-corrected chi connectivity index (χ3v) is 10.3. The average Bonchev–Trinajstić information content (AvgIpc) is 3.65. The van der Waals surface area contributed by atoms with Crippen LogP contribution in [0.2, 0.25) is 0 Å². The van der Waals surface area contributed by atoms with Crippen LogP contribution in [-0.2, 0) is 0 Å². The van der Waals surface area contributed by atoms with E-state index in [1.165, 1.54) is 74.6 Å². The molecule has 0 saturated heterocycles. The van der Waals surface area contributed by atoms with E-state index in [9.17, 15) is 0 Å². The Bertz CT molecular complexity index is 2590. The highest BCUT2D eigenvalue weighted by Crippen LogP contribution is 2.48. The number of furan rings is 1. The summed E-state index contributed by atoms with van der Waals surface area (Å²) < 4.78 is 9.25. The maximum absolute atomic E-state index is 6.75. The lowest BCUT2D eigenvalue weighted by atomic mass is 9.85. The SMILES string of the molecule is C=CCCC(=C)c1c2ccccc2c(-c2ccc3oc4c5sc6ccccc6c5c5ccccc5c4c3c2)c2ccccc12. The molecule has 0 saturated carbocycles. The molecule has 0 radical (unpaired) electrons. The van der Waals surface area contributed by atoms with Gasteiger partial charge in [0.1, 0.15) is 5.58 Å². The van der Waals surface area contributed by atoms with Crippen LogP contribution < -0.4 is 0 Å². The van der Waals surface area contributed by atoms with Gasteiger partial charge in [0, 0.05) is 26.2 Å². The highest BCUT2D eigenvalue weighted by Gasteiger charge is 2.21. The molecular weight excluding hydrogens is 553 g/mol. The van der Waals surface area contributed by atoms with Crippen LogP contribution in [0.4, 0.5) is 0 Å². The van der Waals surface area contributed by atoms with Crippen molar-refractivity contribution in [2.24, 2.45) is 0 Å². The Morgan fingerprint density at radius 3 is 1.91 bits per heavy atom. The molecule has 0 spiro atoms. The van der Waals surface area contributed by atoms with Crippen LogP contribution in [0.1, 0.15) is 18.4 Å². The maximum atomic E-state index is 6.75. The topological polar surface area (TPSA) is 13.1 Å². The standard InChI is InChI=1S/C42H28OS/c1-3-4-13-25(2)37-27-14-5-7-16-29(27)38(30-17-8-6-15-28(30)37)26-22-23-35-34(24-26)39-31-18-9-10-19-32(31)40-33-20-11-12-21-36(33)44-42(40)41(39)43-35/h3,5-12,14-24H,1-2,4,13H2. The summed E-state index contributed by atoms with van der Waals surface area (Å²) in [6, 6.07) is 41.8. The maximum Gasteiger partial charge on any atom is 0.153 e. The van der Waals surface area contributed by atoms with E-state index in [0.717, 1.165) is 35.0 Å². The van der Waals surface area contributed by atoms with Gasteiger partial charge in [0.15, 0.2) is 5.58 Å². The van der Waals surface area contributed by atoms with Gasteiger partial charge < -0.3 is 4.42 Å². The normalized spacial score (nSPS) is 12.0. The Kier molecular flexibility index (Phi) is 5.57. The van der Waals surface area contributed by atoms with Gasteiger partial charge >= 0.3 is 0 Å². The van der Waals surface area contributed by atoms with Crippen molar-refractivity contribution >= 4 is 91.3 Å². The fraction of sp³-hybridized carbons (Fsp3) is 0.0476. The van der Waals surface area contributed by atoms with E-state index in [1.54, 1.807) is 0 Å². The Morgan fingerprint density at radius 2 is 1.23 bits per heavy atom. The van der Waals surface area contributed by atoms with Crippen molar-refractivity contribution in [3.8, 4) is 11.1 Å². The first-order valence-electron chi connectivity index (χ1n) is 15.1. The number of fused-ring (bicyclic) bond motifs is 12. The molecule has 2 heteroatoms. The zero-order valence-corrected chi connectivity index (χ0v) is 25.0. The van der Waals surface area contributed by atoms with Crippen molar-refractivity contribution < 1.29 is 4.42 Å². The van der Waals surface area contributed by atoms with E-state index in [4.69, 9.17) is 4.42 Å². The molecule has 0 atom stereocenters. The monoisotopic (exact) mass is 580 g/mol. The number of thiophene rings is 1. The summed E-state index contributed by atoms with van der Waals surface area (Å²) in [5.41, 5.74) is 6.74. The van der Waals surface area contributed by atoms with Crippen molar-refractivity contribution in [2.45, 2.75) is 12.8 Å².